The highest BCUT2D eigenvalue weighted by atomic mass is 16.3. The first-order valence-corrected chi connectivity index (χ1v) is 7.14. The molecule has 6 heteroatoms. The Balaban J connectivity index is 1.63. The Morgan fingerprint density at radius 1 is 1.33 bits per heavy atom. The van der Waals surface area contributed by atoms with Crippen molar-refractivity contribution in [2.75, 3.05) is 23.3 Å². The highest BCUT2D eigenvalue weighted by Crippen LogP contribution is 2.20. The van der Waals surface area contributed by atoms with Crippen molar-refractivity contribution in [2.24, 2.45) is 5.92 Å². The molecule has 110 valence electrons. The predicted molar refractivity (Wildman–Crippen MR) is 79.3 cm³/mol. The van der Waals surface area contributed by atoms with E-state index in [0.717, 1.165) is 25.0 Å². The third kappa shape index (κ3) is 3.21. The molecule has 2 aromatic heterocycles. The maximum atomic E-state index is 11.8. The molecule has 1 fully saturated rings. The normalized spacial score (nSPS) is 16.0. The number of piperidine rings is 1. The molecule has 0 aliphatic carbocycles. The zero-order valence-electron chi connectivity index (χ0n) is 12.0. The van der Waals surface area contributed by atoms with Crippen molar-refractivity contribution in [3.8, 4) is 0 Å². The van der Waals surface area contributed by atoms with Gasteiger partial charge in [0, 0.05) is 13.1 Å². The van der Waals surface area contributed by atoms with Crippen LogP contribution in [-0.4, -0.2) is 29.0 Å². The summed E-state index contributed by atoms with van der Waals surface area (Å²) < 4.78 is 5.04. The maximum absolute atomic E-state index is 11.8. The van der Waals surface area contributed by atoms with Crippen LogP contribution in [0.2, 0.25) is 0 Å². The van der Waals surface area contributed by atoms with Crippen LogP contribution < -0.4 is 10.2 Å². The Morgan fingerprint density at radius 2 is 2.05 bits per heavy atom. The summed E-state index contributed by atoms with van der Waals surface area (Å²) in [5.74, 6) is 1.46. The molecule has 0 aromatic carbocycles. The molecular weight excluding hydrogens is 268 g/mol. The van der Waals surface area contributed by atoms with E-state index in [0.29, 0.717) is 5.69 Å². The van der Waals surface area contributed by atoms with Gasteiger partial charge in [-0.25, -0.2) is 9.97 Å². The van der Waals surface area contributed by atoms with E-state index in [9.17, 15) is 4.79 Å². The van der Waals surface area contributed by atoms with Gasteiger partial charge in [-0.15, -0.1) is 0 Å². The maximum Gasteiger partial charge on any atom is 0.291 e. The molecule has 3 heterocycles. The monoisotopic (exact) mass is 286 g/mol. The lowest BCUT2D eigenvalue weighted by Crippen LogP contribution is -2.34. The van der Waals surface area contributed by atoms with Crippen LogP contribution in [0, 0.1) is 5.92 Å². The Morgan fingerprint density at radius 3 is 2.67 bits per heavy atom. The minimum absolute atomic E-state index is 0.268. The average Bonchev–Trinajstić information content (AvgIpc) is 3.03. The first-order valence-electron chi connectivity index (χ1n) is 7.14. The molecule has 1 amide bonds. The van der Waals surface area contributed by atoms with Gasteiger partial charge in [0.15, 0.2) is 5.76 Å². The van der Waals surface area contributed by atoms with Crippen LogP contribution in [-0.2, 0) is 0 Å². The number of carbonyl (C=O) groups is 1. The minimum Gasteiger partial charge on any atom is -0.459 e. The number of furan rings is 1. The lowest BCUT2D eigenvalue weighted by molar-refractivity contribution is 0.0996. The largest absolute Gasteiger partial charge is 0.459 e. The second-order valence-electron chi connectivity index (χ2n) is 5.37. The number of anilines is 2. The second-order valence-corrected chi connectivity index (χ2v) is 5.37. The number of amides is 1. The van der Waals surface area contributed by atoms with Gasteiger partial charge < -0.3 is 14.6 Å². The van der Waals surface area contributed by atoms with E-state index in [2.05, 4.69) is 27.1 Å². The minimum atomic E-state index is -0.303. The van der Waals surface area contributed by atoms with Crippen molar-refractivity contribution in [3.63, 3.8) is 0 Å². The molecule has 6 nitrogen and oxygen atoms in total. The number of aromatic nitrogens is 2. The molecule has 3 rings (SSSR count). The van der Waals surface area contributed by atoms with Crippen LogP contribution in [0.4, 0.5) is 11.6 Å². The molecule has 1 aliphatic rings. The number of rotatable bonds is 3. The Hall–Kier alpha value is -2.37. The first kappa shape index (κ1) is 13.6. The first-order chi connectivity index (χ1) is 10.2. The van der Waals surface area contributed by atoms with E-state index < -0.39 is 0 Å². The van der Waals surface area contributed by atoms with E-state index in [-0.39, 0.29) is 11.7 Å². The van der Waals surface area contributed by atoms with Crippen molar-refractivity contribution in [3.05, 3.63) is 36.5 Å². The topological polar surface area (TPSA) is 71.3 Å². The van der Waals surface area contributed by atoms with Crippen molar-refractivity contribution < 1.29 is 9.21 Å². The number of hydrogen-bond acceptors (Lipinski definition) is 5. The van der Waals surface area contributed by atoms with Gasteiger partial charge in [-0.3, -0.25) is 4.79 Å². The summed E-state index contributed by atoms with van der Waals surface area (Å²) in [5, 5.41) is 2.71. The molecular formula is C15H18N4O2. The van der Waals surface area contributed by atoms with Crippen LogP contribution in [0.5, 0.6) is 0 Å². The van der Waals surface area contributed by atoms with Gasteiger partial charge in [0.2, 0.25) is 5.95 Å². The highest BCUT2D eigenvalue weighted by molar-refractivity contribution is 6.02. The van der Waals surface area contributed by atoms with Gasteiger partial charge in [0.25, 0.3) is 5.91 Å². The van der Waals surface area contributed by atoms with E-state index in [1.807, 2.05) is 0 Å². The van der Waals surface area contributed by atoms with Gasteiger partial charge in [-0.1, -0.05) is 6.92 Å². The summed E-state index contributed by atoms with van der Waals surface area (Å²) in [7, 11) is 0. The second kappa shape index (κ2) is 5.95. The molecule has 0 saturated carbocycles. The Kier molecular flexibility index (Phi) is 3.85. The summed E-state index contributed by atoms with van der Waals surface area (Å²) in [4.78, 5) is 22.7. The standard InChI is InChI=1S/C15H18N4O2/c1-11-4-6-19(7-5-11)15-16-9-12(10-17-15)18-14(20)13-3-2-8-21-13/h2-3,8-11H,4-7H2,1H3,(H,18,20). The fraction of sp³-hybridized carbons (Fsp3) is 0.400. The van der Waals surface area contributed by atoms with Gasteiger partial charge in [-0.05, 0) is 30.9 Å². The Bertz CT molecular complexity index is 587. The summed E-state index contributed by atoms with van der Waals surface area (Å²) in [5.41, 5.74) is 0.561. The van der Waals surface area contributed by atoms with Crippen molar-refractivity contribution in [2.45, 2.75) is 19.8 Å². The number of carbonyl (C=O) groups excluding carboxylic acids is 1. The van der Waals surface area contributed by atoms with E-state index in [4.69, 9.17) is 4.42 Å². The van der Waals surface area contributed by atoms with Gasteiger partial charge in [0.05, 0.1) is 24.3 Å². The van der Waals surface area contributed by atoms with Crippen LogP contribution in [0.1, 0.15) is 30.3 Å². The Labute approximate surface area is 123 Å². The van der Waals surface area contributed by atoms with E-state index in [1.54, 1.807) is 24.5 Å². The fourth-order valence-corrected chi connectivity index (χ4v) is 2.36. The predicted octanol–water partition coefficient (Wildman–Crippen LogP) is 2.56. The summed E-state index contributed by atoms with van der Waals surface area (Å²) >= 11 is 0. The third-order valence-corrected chi connectivity index (χ3v) is 3.71. The smallest absolute Gasteiger partial charge is 0.291 e. The molecule has 1 N–H and O–H groups in total. The summed E-state index contributed by atoms with van der Waals surface area (Å²) in [6.07, 6.45) is 7.05. The fourth-order valence-electron chi connectivity index (χ4n) is 2.36. The molecule has 0 radical (unpaired) electrons. The average molecular weight is 286 g/mol. The number of hydrogen-bond donors (Lipinski definition) is 1. The van der Waals surface area contributed by atoms with Crippen LogP contribution in [0.25, 0.3) is 0 Å². The third-order valence-electron chi connectivity index (χ3n) is 3.71. The summed E-state index contributed by atoms with van der Waals surface area (Å²) in [6.45, 7) is 4.24. The number of nitrogens with zero attached hydrogens (tertiary/aromatic N) is 3. The molecule has 0 unspecified atom stereocenters. The zero-order valence-corrected chi connectivity index (χ0v) is 12.0. The van der Waals surface area contributed by atoms with E-state index >= 15 is 0 Å². The van der Waals surface area contributed by atoms with Gasteiger partial charge in [0.1, 0.15) is 0 Å². The lowest BCUT2D eigenvalue weighted by Gasteiger charge is -2.30. The highest BCUT2D eigenvalue weighted by Gasteiger charge is 2.18. The molecule has 0 atom stereocenters. The van der Waals surface area contributed by atoms with Crippen LogP contribution >= 0.6 is 0 Å². The number of nitrogens with one attached hydrogen (secondary N) is 1. The zero-order chi connectivity index (χ0) is 14.7. The lowest BCUT2D eigenvalue weighted by atomic mass is 10.00. The van der Waals surface area contributed by atoms with Crippen molar-refractivity contribution in [1.82, 2.24) is 9.97 Å². The van der Waals surface area contributed by atoms with Crippen LogP contribution in [0.15, 0.2) is 35.2 Å². The van der Waals surface area contributed by atoms with E-state index in [1.165, 1.54) is 19.1 Å². The molecule has 0 spiro atoms. The molecule has 1 aliphatic heterocycles. The van der Waals surface area contributed by atoms with Crippen molar-refractivity contribution >= 4 is 17.5 Å². The molecule has 2 aromatic rings. The quantitative estimate of drug-likeness (QED) is 0.939. The van der Waals surface area contributed by atoms with Crippen molar-refractivity contribution in [1.29, 1.82) is 0 Å². The van der Waals surface area contributed by atoms with Gasteiger partial charge >= 0.3 is 0 Å². The SMILES string of the molecule is CC1CCN(c2ncc(NC(=O)c3ccco3)cn2)CC1. The van der Waals surface area contributed by atoms with Crippen LogP contribution in [0.3, 0.4) is 0 Å². The molecule has 0 bridgehead atoms. The molecule has 1 saturated heterocycles. The molecule has 21 heavy (non-hydrogen) atoms. The van der Waals surface area contributed by atoms with Gasteiger partial charge in [-0.2, -0.15) is 0 Å². The summed E-state index contributed by atoms with van der Waals surface area (Å²) in [6, 6.07) is 3.28.